The molecule has 6 rings (SSSR count). The van der Waals surface area contributed by atoms with Crippen LogP contribution in [-0.2, 0) is 0 Å². The number of carbonyl (C=O) groups excluding carboxylic acids is 2. The maximum atomic E-state index is 16.3. The van der Waals surface area contributed by atoms with Crippen LogP contribution in [0.25, 0.3) is 44.5 Å². The molecule has 0 spiro atoms. The van der Waals surface area contributed by atoms with E-state index in [1.165, 1.54) is 31.3 Å². The largest absolute Gasteiger partial charge is 0.455 e. The van der Waals surface area contributed by atoms with Gasteiger partial charge in [0.05, 0.1) is 17.1 Å². The minimum Gasteiger partial charge on any atom is -0.455 e. The van der Waals surface area contributed by atoms with Crippen LogP contribution in [0.3, 0.4) is 0 Å². The molecule has 0 bridgehead atoms. The molecule has 2 N–H and O–H groups in total. The van der Waals surface area contributed by atoms with E-state index >= 15 is 4.39 Å². The molecule has 0 radical (unpaired) electrons. The first-order valence-corrected chi connectivity index (χ1v) is 13.1. The van der Waals surface area contributed by atoms with E-state index in [1.54, 1.807) is 62.6 Å². The van der Waals surface area contributed by atoms with Gasteiger partial charge < -0.3 is 19.5 Å². The van der Waals surface area contributed by atoms with Crippen molar-refractivity contribution in [2.45, 2.75) is 19.9 Å². The van der Waals surface area contributed by atoms with Gasteiger partial charge in [-0.15, -0.1) is 0 Å². The number of rotatable bonds is 6. The molecule has 0 aliphatic heterocycles. The molecule has 10 heteroatoms. The third kappa shape index (κ3) is 4.66. The zero-order valence-corrected chi connectivity index (χ0v) is 22.8. The Hall–Kier alpha value is -5.38. The first-order chi connectivity index (χ1) is 20.2. The summed E-state index contributed by atoms with van der Waals surface area (Å²) < 4.78 is 41.5. The molecule has 0 fully saturated rings. The number of nitrogens with zero attached hydrogens (tertiary/aromatic N) is 2. The fourth-order valence-electron chi connectivity index (χ4n) is 4.88. The van der Waals surface area contributed by atoms with Crippen molar-refractivity contribution in [2.24, 2.45) is 0 Å². The number of furan rings is 1. The molecule has 3 aromatic heterocycles. The van der Waals surface area contributed by atoms with Crippen LogP contribution < -0.4 is 10.6 Å². The number of nitrogens with one attached hydrogen (secondary N) is 2. The van der Waals surface area contributed by atoms with Gasteiger partial charge in [-0.1, -0.05) is 6.07 Å². The zero-order chi connectivity index (χ0) is 29.5. The number of aryl methyl sites for hydroxylation is 1. The van der Waals surface area contributed by atoms with Gasteiger partial charge in [0.25, 0.3) is 11.8 Å². The molecular formula is C32H24F2N4O4. The Morgan fingerprint density at radius 1 is 0.905 bits per heavy atom. The molecule has 42 heavy (non-hydrogen) atoms. The molecular weight excluding hydrogens is 542 g/mol. The summed E-state index contributed by atoms with van der Waals surface area (Å²) in [5, 5.41) is 5.39. The van der Waals surface area contributed by atoms with Gasteiger partial charge in [-0.3, -0.25) is 14.6 Å². The van der Waals surface area contributed by atoms with Crippen molar-refractivity contribution in [3.63, 3.8) is 0 Å². The van der Waals surface area contributed by atoms with Crippen LogP contribution in [0.1, 0.15) is 45.1 Å². The average molecular weight is 567 g/mol. The van der Waals surface area contributed by atoms with Gasteiger partial charge in [-0.25, -0.2) is 13.8 Å². The van der Waals surface area contributed by atoms with Crippen LogP contribution in [0.5, 0.6) is 0 Å². The van der Waals surface area contributed by atoms with E-state index in [4.69, 9.17) is 8.83 Å². The molecule has 0 unspecified atom stereocenters. The predicted octanol–water partition coefficient (Wildman–Crippen LogP) is 6.74. The Morgan fingerprint density at radius 2 is 1.69 bits per heavy atom. The van der Waals surface area contributed by atoms with Gasteiger partial charge in [-0.2, -0.15) is 0 Å². The molecule has 0 aliphatic carbocycles. The van der Waals surface area contributed by atoms with Crippen LogP contribution in [0.15, 0.2) is 81.9 Å². The third-order valence-electron chi connectivity index (χ3n) is 7.07. The SMILES string of the molecule is CNC(=O)c1c(-c2ccc(F)cc2)oc2ccc(-c3cc(C(=O)N[C@@H](C)c4nc5ccncc5o4)ccc3C)c(F)c12. The highest BCUT2D eigenvalue weighted by Gasteiger charge is 2.27. The summed E-state index contributed by atoms with van der Waals surface area (Å²) in [5.74, 6) is -1.65. The summed E-state index contributed by atoms with van der Waals surface area (Å²) in [6.45, 7) is 3.55. The molecule has 0 saturated heterocycles. The minimum atomic E-state index is -0.683. The molecule has 3 heterocycles. The summed E-state index contributed by atoms with van der Waals surface area (Å²) in [7, 11) is 1.43. The topological polar surface area (TPSA) is 110 Å². The number of hydrogen-bond acceptors (Lipinski definition) is 6. The lowest BCUT2D eigenvalue weighted by Crippen LogP contribution is -2.26. The van der Waals surface area contributed by atoms with Crippen LogP contribution in [0, 0.1) is 18.6 Å². The van der Waals surface area contributed by atoms with Gasteiger partial charge in [0.1, 0.15) is 34.5 Å². The summed E-state index contributed by atoms with van der Waals surface area (Å²) in [4.78, 5) is 34.6. The monoisotopic (exact) mass is 566 g/mol. The van der Waals surface area contributed by atoms with E-state index in [-0.39, 0.29) is 27.9 Å². The van der Waals surface area contributed by atoms with E-state index in [0.717, 1.165) is 0 Å². The molecule has 8 nitrogen and oxygen atoms in total. The van der Waals surface area contributed by atoms with Crippen LogP contribution >= 0.6 is 0 Å². The van der Waals surface area contributed by atoms with Crippen molar-refractivity contribution < 1.29 is 27.2 Å². The maximum Gasteiger partial charge on any atom is 0.255 e. The van der Waals surface area contributed by atoms with Crippen LogP contribution in [0.2, 0.25) is 0 Å². The summed E-state index contributed by atoms with van der Waals surface area (Å²) in [5.41, 5.74) is 3.37. The first kappa shape index (κ1) is 26.8. The molecule has 0 saturated carbocycles. The molecule has 6 aromatic rings. The van der Waals surface area contributed by atoms with Gasteiger partial charge in [0.15, 0.2) is 5.58 Å². The van der Waals surface area contributed by atoms with E-state index in [0.29, 0.717) is 39.2 Å². The second kappa shape index (κ2) is 10.5. The number of hydrogen-bond donors (Lipinski definition) is 2. The smallest absolute Gasteiger partial charge is 0.255 e. The lowest BCUT2D eigenvalue weighted by molar-refractivity contribution is 0.0932. The number of benzene rings is 3. The average Bonchev–Trinajstić information content (AvgIpc) is 3.61. The molecule has 1 atom stereocenters. The number of halogens is 2. The van der Waals surface area contributed by atoms with Gasteiger partial charge in [-0.05, 0) is 79.6 Å². The number of carbonyl (C=O) groups is 2. The number of pyridine rings is 1. The van der Waals surface area contributed by atoms with Crippen molar-refractivity contribution in [1.82, 2.24) is 20.6 Å². The Morgan fingerprint density at radius 3 is 2.43 bits per heavy atom. The number of amides is 2. The first-order valence-electron chi connectivity index (χ1n) is 13.1. The summed E-state index contributed by atoms with van der Waals surface area (Å²) in [6, 6.07) is 14.6. The van der Waals surface area contributed by atoms with E-state index in [1.807, 2.05) is 0 Å². The highest BCUT2D eigenvalue weighted by Crippen LogP contribution is 2.39. The normalized spacial score (nSPS) is 12.0. The number of aromatic nitrogens is 2. The second-order valence-electron chi connectivity index (χ2n) is 9.81. The van der Waals surface area contributed by atoms with Gasteiger partial charge in [0.2, 0.25) is 5.89 Å². The lowest BCUT2D eigenvalue weighted by atomic mass is 9.95. The minimum absolute atomic E-state index is 0.00707. The van der Waals surface area contributed by atoms with E-state index in [9.17, 15) is 14.0 Å². The standard InChI is InChI=1S/C32H24F2N4O4/c1-16-4-5-19(30(39)37-17(2)32-38-23-12-13-36-15-25(23)42-32)14-22(16)21-10-11-24-26(28(21)34)27(31(40)35-3)29(41-24)18-6-8-20(33)9-7-18/h4-15,17H,1-3H3,(H,35,40)(H,37,39)/t17-/m0/s1. The molecule has 2 amide bonds. The van der Waals surface area contributed by atoms with Crippen LogP contribution in [0.4, 0.5) is 8.78 Å². The fourth-order valence-corrected chi connectivity index (χ4v) is 4.88. The maximum absolute atomic E-state index is 16.3. The Labute approximate surface area is 238 Å². The highest BCUT2D eigenvalue weighted by atomic mass is 19.1. The molecule has 210 valence electrons. The Kier molecular flexibility index (Phi) is 6.74. The molecule has 3 aromatic carbocycles. The van der Waals surface area contributed by atoms with E-state index in [2.05, 4.69) is 20.6 Å². The molecule has 0 aliphatic rings. The van der Waals surface area contributed by atoms with Crippen molar-refractivity contribution >= 4 is 33.9 Å². The Bertz CT molecular complexity index is 1960. The Balaban J connectivity index is 1.38. The quantitative estimate of drug-likeness (QED) is 0.231. The van der Waals surface area contributed by atoms with Gasteiger partial charge >= 0.3 is 0 Å². The van der Waals surface area contributed by atoms with Crippen molar-refractivity contribution in [3.05, 3.63) is 107 Å². The number of oxazole rings is 1. The van der Waals surface area contributed by atoms with E-state index < -0.39 is 29.5 Å². The lowest BCUT2D eigenvalue weighted by Gasteiger charge is -2.13. The van der Waals surface area contributed by atoms with Gasteiger partial charge in [0, 0.05) is 29.9 Å². The predicted molar refractivity (Wildman–Crippen MR) is 153 cm³/mol. The summed E-state index contributed by atoms with van der Waals surface area (Å²) in [6.07, 6.45) is 3.16. The summed E-state index contributed by atoms with van der Waals surface area (Å²) >= 11 is 0. The van der Waals surface area contributed by atoms with Crippen molar-refractivity contribution in [1.29, 1.82) is 0 Å². The van der Waals surface area contributed by atoms with Crippen molar-refractivity contribution in [2.75, 3.05) is 7.05 Å². The fraction of sp³-hybridized carbons (Fsp3) is 0.125. The second-order valence-corrected chi connectivity index (χ2v) is 9.81. The number of fused-ring (bicyclic) bond motifs is 2. The van der Waals surface area contributed by atoms with Crippen LogP contribution in [-0.4, -0.2) is 28.8 Å². The third-order valence-corrected chi connectivity index (χ3v) is 7.07. The van der Waals surface area contributed by atoms with Crippen molar-refractivity contribution in [3.8, 4) is 22.5 Å². The highest BCUT2D eigenvalue weighted by molar-refractivity contribution is 6.12. The zero-order valence-electron chi connectivity index (χ0n) is 22.8.